The maximum Gasteiger partial charge on any atom is 0.257 e. The standard InChI is InChI=1S/C18H26N2O4/c1-14-16(2-9-23-14)17(21)20-5-3-18(4-6-20)12-15(13-24-18)19-7-10-22-11-8-19/h2,9,15H,3-8,10-13H2,1H3. The van der Waals surface area contributed by atoms with Crippen LogP contribution in [-0.4, -0.2) is 73.3 Å². The van der Waals surface area contributed by atoms with Gasteiger partial charge in [0.25, 0.3) is 5.91 Å². The van der Waals surface area contributed by atoms with E-state index in [9.17, 15) is 4.79 Å². The van der Waals surface area contributed by atoms with E-state index in [-0.39, 0.29) is 11.5 Å². The topological polar surface area (TPSA) is 55.2 Å². The zero-order valence-corrected chi connectivity index (χ0v) is 14.3. The molecule has 3 fully saturated rings. The first-order chi connectivity index (χ1) is 11.7. The fourth-order valence-electron chi connectivity index (χ4n) is 4.24. The van der Waals surface area contributed by atoms with Crippen molar-refractivity contribution in [3.8, 4) is 0 Å². The van der Waals surface area contributed by atoms with Crippen LogP contribution in [0, 0.1) is 6.92 Å². The van der Waals surface area contributed by atoms with E-state index in [4.69, 9.17) is 13.9 Å². The minimum absolute atomic E-state index is 0.0365. The lowest BCUT2D eigenvalue weighted by atomic mass is 9.86. The minimum Gasteiger partial charge on any atom is -0.469 e. The molecular weight excluding hydrogens is 308 g/mol. The number of rotatable bonds is 2. The van der Waals surface area contributed by atoms with Gasteiger partial charge < -0.3 is 18.8 Å². The quantitative estimate of drug-likeness (QED) is 0.824. The average molecular weight is 334 g/mol. The summed E-state index contributed by atoms with van der Waals surface area (Å²) in [6, 6.07) is 2.27. The van der Waals surface area contributed by atoms with Crippen molar-refractivity contribution in [3.05, 3.63) is 23.7 Å². The molecule has 3 aliphatic rings. The van der Waals surface area contributed by atoms with Gasteiger partial charge in [0.1, 0.15) is 5.76 Å². The number of morpholine rings is 1. The summed E-state index contributed by atoms with van der Waals surface area (Å²) >= 11 is 0. The number of furan rings is 1. The summed E-state index contributed by atoms with van der Waals surface area (Å²) in [5.74, 6) is 0.781. The van der Waals surface area contributed by atoms with Crippen LogP contribution in [0.1, 0.15) is 35.4 Å². The van der Waals surface area contributed by atoms with Gasteiger partial charge in [-0.15, -0.1) is 0 Å². The van der Waals surface area contributed by atoms with E-state index in [1.165, 1.54) is 0 Å². The molecule has 0 N–H and O–H groups in total. The summed E-state index contributed by atoms with van der Waals surface area (Å²) in [6.07, 6.45) is 4.52. The fraction of sp³-hybridized carbons (Fsp3) is 0.722. The van der Waals surface area contributed by atoms with E-state index in [1.54, 1.807) is 12.3 Å². The highest BCUT2D eigenvalue weighted by Gasteiger charge is 2.45. The molecule has 0 radical (unpaired) electrons. The van der Waals surface area contributed by atoms with Gasteiger partial charge in [-0.2, -0.15) is 0 Å². The maximum absolute atomic E-state index is 12.6. The van der Waals surface area contributed by atoms with E-state index >= 15 is 0 Å². The van der Waals surface area contributed by atoms with Crippen molar-refractivity contribution < 1.29 is 18.7 Å². The molecule has 4 heterocycles. The van der Waals surface area contributed by atoms with E-state index in [1.807, 2.05) is 11.8 Å². The summed E-state index contributed by atoms with van der Waals surface area (Å²) in [5, 5.41) is 0. The fourth-order valence-corrected chi connectivity index (χ4v) is 4.24. The van der Waals surface area contributed by atoms with Gasteiger partial charge in [0.15, 0.2) is 0 Å². The van der Waals surface area contributed by atoms with Gasteiger partial charge in [-0.1, -0.05) is 0 Å². The van der Waals surface area contributed by atoms with E-state index in [2.05, 4.69) is 4.90 Å². The second kappa shape index (κ2) is 6.50. The lowest BCUT2D eigenvalue weighted by Gasteiger charge is -2.39. The monoisotopic (exact) mass is 334 g/mol. The van der Waals surface area contributed by atoms with Gasteiger partial charge in [0.2, 0.25) is 0 Å². The number of nitrogens with zero attached hydrogens (tertiary/aromatic N) is 2. The van der Waals surface area contributed by atoms with Gasteiger partial charge in [-0.25, -0.2) is 0 Å². The number of likely N-dealkylation sites (tertiary alicyclic amines) is 1. The molecule has 0 saturated carbocycles. The Labute approximate surface area is 142 Å². The third-order valence-electron chi connectivity index (χ3n) is 5.80. The molecule has 1 aromatic rings. The van der Waals surface area contributed by atoms with E-state index in [0.717, 1.165) is 65.3 Å². The summed E-state index contributed by atoms with van der Waals surface area (Å²) in [5.41, 5.74) is 0.648. The normalized spacial score (nSPS) is 27.7. The SMILES string of the molecule is Cc1occc1C(=O)N1CCC2(CC1)CC(N1CCOCC1)CO2. The number of ether oxygens (including phenoxy) is 2. The third-order valence-corrected chi connectivity index (χ3v) is 5.80. The molecule has 3 saturated heterocycles. The lowest BCUT2D eigenvalue weighted by molar-refractivity contribution is -0.0401. The van der Waals surface area contributed by atoms with Gasteiger partial charge >= 0.3 is 0 Å². The Balaban J connectivity index is 1.34. The Morgan fingerprint density at radius 3 is 2.62 bits per heavy atom. The average Bonchev–Trinajstić information content (AvgIpc) is 3.23. The smallest absolute Gasteiger partial charge is 0.257 e. The molecule has 6 heteroatoms. The summed E-state index contributed by atoms with van der Waals surface area (Å²) in [7, 11) is 0. The van der Waals surface area contributed by atoms with Gasteiger partial charge in [-0.05, 0) is 32.3 Å². The third kappa shape index (κ3) is 2.98. The first-order valence-corrected chi connectivity index (χ1v) is 8.96. The van der Waals surface area contributed by atoms with Crippen LogP contribution in [-0.2, 0) is 9.47 Å². The molecule has 1 spiro atoms. The largest absolute Gasteiger partial charge is 0.469 e. The number of carbonyl (C=O) groups is 1. The Hall–Kier alpha value is -1.37. The number of piperidine rings is 1. The molecule has 0 aliphatic carbocycles. The van der Waals surface area contributed by atoms with Crippen LogP contribution in [0.4, 0.5) is 0 Å². The van der Waals surface area contributed by atoms with Crippen molar-refractivity contribution in [3.63, 3.8) is 0 Å². The molecule has 1 unspecified atom stereocenters. The summed E-state index contributed by atoms with van der Waals surface area (Å²) in [6.45, 7) is 7.85. The molecule has 24 heavy (non-hydrogen) atoms. The first kappa shape index (κ1) is 16.1. The predicted octanol–water partition coefficient (Wildman–Crippen LogP) is 1.68. The zero-order chi connectivity index (χ0) is 16.6. The Bertz CT molecular complexity index is 586. The van der Waals surface area contributed by atoms with Crippen molar-refractivity contribution in [1.82, 2.24) is 9.80 Å². The van der Waals surface area contributed by atoms with Crippen LogP contribution in [0.3, 0.4) is 0 Å². The highest BCUT2D eigenvalue weighted by atomic mass is 16.5. The van der Waals surface area contributed by atoms with Gasteiger partial charge in [-0.3, -0.25) is 9.69 Å². The van der Waals surface area contributed by atoms with Crippen LogP contribution in [0.15, 0.2) is 16.7 Å². The summed E-state index contributed by atoms with van der Waals surface area (Å²) in [4.78, 5) is 17.0. The number of amides is 1. The van der Waals surface area contributed by atoms with E-state index < -0.39 is 0 Å². The van der Waals surface area contributed by atoms with Crippen molar-refractivity contribution in [2.75, 3.05) is 46.0 Å². The highest BCUT2D eigenvalue weighted by molar-refractivity contribution is 5.95. The molecule has 6 nitrogen and oxygen atoms in total. The number of carbonyl (C=O) groups excluding carboxylic acids is 1. The zero-order valence-electron chi connectivity index (χ0n) is 14.3. The maximum atomic E-state index is 12.6. The van der Waals surface area contributed by atoms with E-state index in [0.29, 0.717) is 17.4 Å². The molecule has 1 aromatic heterocycles. The highest BCUT2D eigenvalue weighted by Crippen LogP contribution is 2.38. The van der Waals surface area contributed by atoms with Crippen LogP contribution < -0.4 is 0 Å². The number of aryl methyl sites for hydroxylation is 1. The second-order valence-corrected chi connectivity index (χ2v) is 7.18. The van der Waals surface area contributed by atoms with Gasteiger partial charge in [0, 0.05) is 32.2 Å². The molecular formula is C18H26N2O4. The van der Waals surface area contributed by atoms with Crippen LogP contribution in [0.25, 0.3) is 0 Å². The van der Waals surface area contributed by atoms with Crippen LogP contribution in [0.2, 0.25) is 0 Å². The van der Waals surface area contributed by atoms with Crippen molar-refractivity contribution in [1.29, 1.82) is 0 Å². The van der Waals surface area contributed by atoms with Crippen molar-refractivity contribution >= 4 is 5.91 Å². The molecule has 0 bridgehead atoms. The second-order valence-electron chi connectivity index (χ2n) is 7.18. The number of hydrogen-bond acceptors (Lipinski definition) is 5. The minimum atomic E-state index is -0.0365. The molecule has 3 aliphatic heterocycles. The molecule has 4 rings (SSSR count). The molecule has 0 aromatic carbocycles. The molecule has 1 atom stereocenters. The van der Waals surface area contributed by atoms with Crippen molar-refractivity contribution in [2.24, 2.45) is 0 Å². The predicted molar refractivity (Wildman–Crippen MR) is 88.1 cm³/mol. The lowest BCUT2D eigenvalue weighted by Crippen LogP contribution is -2.48. The Kier molecular flexibility index (Phi) is 4.37. The number of hydrogen-bond donors (Lipinski definition) is 0. The first-order valence-electron chi connectivity index (χ1n) is 8.96. The molecule has 132 valence electrons. The molecule has 1 amide bonds. The Morgan fingerprint density at radius 1 is 1.21 bits per heavy atom. The van der Waals surface area contributed by atoms with Crippen molar-refractivity contribution in [2.45, 2.75) is 37.8 Å². The van der Waals surface area contributed by atoms with Crippen LogP contribution in [0.5, 0.6) is 0 Å². The summed E-state index contributed by atoms with van der Waals surface area (Å²) < 4.78 is 17.0. The Morgan fingerprint density at radius 2 is 1.96 bits per heavy atom. The van der Waals surface area contributed by atoms with Crippen LogP contribution >= 0.6 is 0 Å². The van der Waals surface area contributed by atoms with Gasteiger partial charge in [0.05, 0.1) is 37.2 Å².